The van der Waals surface area contributed by atoms with Crippen LogP contribution in [0.3, 0.4) is 0 Å². The zero-order valence-electron chi connectivity index (χ0n) is 15.5. The van der Waals surface area contributed by atoms with Gasteiger partial charge in [-0.1, -0.05) is 0 Å². The van der Waals surface area contributed by atoms with E-state index in [0.717, 1.165) is 45.7 Å². The third kappa shape index (κ3) is 3.98. The van der Waals surface area contributed by atoms with E-state index in [1.807, 2.05) is 42.5 Å². The molecule has 6 heteroatoms. The van der Waals surface area contributed by atoms with Crippen LogP contribution >= 0.6 is 0 Å². The number of rotatable bonds is 6. The van der Waals surface area contributed by atoms with Gasteiger partial charge in [0.05, 0.1) is 25.5 Å². The van der Waals surface area contributed by atoms with Crippen molar-refractivity contribution in [3.05, 3.63) is 48.0 Å². The molecule has 0 aromatic carbocycles. The molecule has 2 aliphatic rings. The second kappa shape index (κ2) is 7.86. The van der Waals surface area contributed by atoms with Crippen LogP contribution in [-0.4, -0.2) is 52.1 Å². The fourth-order valence-electron chi connectivity index (χ4n) is 4.39. The molecule has 2 unspecified atom stereocenters. The Kier molecular flexibility index (Phi) is 5.33. The van der Waals surface area contributed by atoms with E-state index in [2.05, 4.69) is 21.2 Å². The molecule has 0 spiro atoms. The highest BCUT2D eigenvalue weighted by molar-refractivity contribution is 5.08. The first kappa shape index (κ1) is 17.6. The smallest absolute Gasteiger partial charge is 0.0718 e. The molecule has 2 atom stereocenters. The van der Waals surface area contributed by atoms with Crippen LogP contribution < -0.4 is 0 Å². The van der Waals surface area contributed by atoms with Crippen molar-refractivity contribution in [3.8, 4) is 0 Å². The number of nitrogens with zero attached hydrogens (tertiary/aromatic N) is 4. The summed E-state index contributed by atoms with van der Waals surface area (Å²) in [4.78, 5) is 6.61. The van der Waals surface area contributed by atoms with E-state index in [9.17, 15) is 0 Å². The summed E-state index contributed by atoms with van der Waals surface area (Å²) in [6.45, 7) is 5.34. The standard InChI is InChI=1S/C20H28N4O2/c1-23-12-18(11-22-23)13-24-9-5-19-20(15-24,6-2-10-26-19)16-25-14-17-3-7-21-8-4-17/h3-4,7-8,11-12,19H,2,5-6,9-10,13-16H2,1H3. The van der Waals surface area contributed by atoms with E-state index in [1.54, 1.807) is 0 Å². The lowest BCUT2D eigenvalue weighted by atomic mass is 9.73. The van der Waals surface area contributed by atoms with Crippen LogP contribution in [0.15, 0.2) is 36.9 Å². The molecule has 0 aliphatic carbocycles. The molecule has 2 fully saturated rings. The van der Waals surface area contributed by atoms with Gasteiger partial charge in [-0.05, 0) is 37.0 Å². The van der Waals surface area contributed by atoms with Gasteiger partial charge in [-0.25, -0.2) is 0 Å². The lowest BCUT2D eigenvalue weighted by Gasteiger charge is -2.50. The molecule has 2 aromatic rings. The molecule has 140 valence electrons. The van der Waals surface area contributed by atoms with Gasteiger partial charge in [0.1, 0.15) is 0 Å². The van der Waals surface area contributed by atoms with Gasteiger partial charge in [0, 0.05) is 62.9 Å². The summed E-state index contributed by atoms with van der Waals surface area (Å²) < 4.78 is 14.2. The number of pyridine rings is 1. The van der Waals surface area contributed by atoms with Gasteiger partial charge >= 0.3 is 0 Å². The van der Waals surface area contributed by atoms with Gasteiger partial charge < -0.3 is 9.47 Å². The first-order valence-corrected chi connectivity index (χ1v) is 9.52. The number of ether oxygens (including phenoxy) is 2. The summed E-state index contributed by atoms with van der Waals surface area (Å²) >= 11 is 0. The first-order chi connectivity index (χ1) is 12.7. The highest BCUT2D eigenvalue weighted by Gasteiger charge is 2.46. The molecule has 0 radical (unpaired) electrons. The quantitative estimate of drug-likeness (QED) is 0.796. The minimum atomic E-state index is 0.103. The summed E-state index contributed by atoms with van der Waals surface area (Å²) in [5.41, 5.74) is 2.55. The summed E-state index contributed by atoms with van der Waals surface area (Å²) in [7, 11) is 1.97. The lowest BCUT2D eigenvalue weighted by molar-refractivity contribution is -0.155. The van der Waals surface area contributed by atoms with Crippen molar-refractivity contribution in [2.24, 2.45) is 12.5 Å². The number of piperidine rings is 1. The van der Waals surface area contributed by atoms with E-state index < -0.39 is 0 Å². The lowest BCUT2D eigenvalue weighted by Crippen LogP contribution is -2.56. The van der Waals surface area contributed by atoms with Crippen molar-refractivity contribution in [1.82, 2.24) is 19.7 Å². The summed E-state index contributed by atoms with van der Waals surface area (Å²) in [6, 6.07) is 4.03. The van der Waals surface area contributed by atoms with Crippen LogP contribution in [-0.2, 0) is 29.7 Å². The molecule has 0 N–H and O–H groups in total. The number of aromatic nitrogens is 3. The van der Waals surface area contributed by atoms with Crippen LogP contribution in [0.4, 0.5) is 0 Å². The van der Waals surface area contributed by atoms with Crippen molar-refractivity contribution in [3.63, 3.8) is 0 Å². The molecule has 0 saturated carbocycles. The van der Waals surface area contributed by atoms with E-state index in [4.69, 9.17) is 9.47 Å². The first-order valence-electron chi connectivity index (χ1n) is 9.52. The molecule has 2 aromatic heterocycles. The van der Waals surface area contributed by atoms with E-state index in [-0.39, 0.29) is 5.41 Å². The highest BCUT2D eigenvalue weighted by atomic mass is 16.5. The van der Waals surface area contributed by atoms with Crippen molar-refractivity contribution < 1.29 is 9.47 Å². The maximum absolute atomic E-state index is 6.17. The Labute approximate surface area is 155 Å². The molecular weight excluding hydrogens is 328 g/mol. The maximum Gasteiger partial charge on any atom is 0.0718 e. The maximum atomic E-state index is 6.17. The topological polar surface area (TPSA) is 52.4 Å². The number of hydrogen-bond donors (Lipinski definition) is 0. The average molecular weight is 356 g/mol. The Bertz CT molecular complexity index is 705. The van der Waals surface area contributed by atoms with Crippen LogP contribution in [0.5, 0.6) is 0 Å². The van der Waals surface area contributed by atoms with Gasteiger partial charge in [0.2, 0.25) is 0 Å². The summed E-state index contributed by atoms with van der Waals surface area (Å²) in [5.74, 6) is 0. The Balaban J connectivity index is 1.40. The number of aryl methyl sites for hydroxylation is 1. The Morgan fingerprint density at radius 3 is 3.00 bits per heavy atom. The van der Waals surface area contributed by atoms with Crippen molar-refractivity contribution >= 4 is 0 Å². The number of fused-ring (bicyclic) bond motifs is 1. The van der Waals surface area contributed by atoms with Gasteiger partial charge in [-0.2, -0.15) is 5.10 Å². The second-order valence-corrected chi connectivity index (χ2v) is 7.70. The fraction of sp³-hybridized carbons (Fsp3) is 0.600. The highest BCUT2D eigenvalue weighted by Crippen LogP contribution is 2.41. The monoisotopic (exact) mass is 356 g/mol. The zero-order valence-corrected chi connectivity index (χ0v) is 15.5. The average Bonchev–Trinajstić information content (AvgIpc) is 3.07. The number of likely N-dealkylation sites (tertiary alicyclic amines) is 1. The largest absolute Gasteiger partial charge is 0.377 e. The van der Waals surface area contributed by atoms with Crippen molar-refractivity contribution in [2.45, 2.75) is 38.5 Å². The van der Waals surface area contributed by atoms with E-state index in [1.165, 1.54) is 17.5 Å². The molecule has 26 heavy (non-hydrogen) atoms. The molecule has 0 amide bonds. The Morgan fingerprint density at radius 2 is 2.19 bits per heavy atom. The molecule has 6 nitrogen and oxygen atoms in total. The minimum Gasteiger partial charge on any atom is -0.377 e. The predicted molar refractivity (Wildman–Crippen MR) is 98.4 cm³/mol. The van der Waals surface area contributed by atoms with E-state index in [0.29, 0.717) is 12.7 Å². The van der Waals surface area contributed by atoms with Crippen molar-refractivity contribution in [2.75, 3.05) is 26.3 Å². The van der Waals surface area contributed by atoms with Crippen LogP contribution in [0, 0.1) is 5.41 Å². The SMILES string of the molecule is Cn1cc(CN2CCC3OCCCC3(COCc3ccncc3)C2)cn1. The molecule has 2 saturated heterocycles. The fourth-order valence-corrected chi connectivity index (χ4v) is 4.39. The van der Waals surface area contributed by atoms with Crippen LogP contribution in [0.1, 0.15) is 30.4 Å². The normalized spacial score (nSPS) is 26.6. The molecule has 4 rings (SSSR count). The third-order valence-electron chi connectivity index (χ3n) is 5.64. The summed E-state index contributed by atoms with van der Waals surface area (Å²) in [6.07, 6.45) is 11.4. The third-order valence-corrected chi connectivity index (χ3v) is 5.64. The molecule has 2 aliphatic heterocycles. The predicted octanol–water partition coefficient (Wildman–Crippen LogP) is 2.40. The van der Waals surface area contributed by atoms with Crippen LogP contribution in [0.25, 0.3) is 0 Å². The van der Waals surface area contributed by atoms with Gasteiger partial charge in [0.25, 0.3) is 0 Å². The van der Waals surface area contributed by atoms with E-state index >= 15 is 0 Å². The summed E-state index contributed by atoms with van der Waals surface area (Å²) in [5, 5.41) is 4.30. The van der Waals surface area contributed by atoms with Gasteiger partial charge in [-0.15, -0.1) is 0 Å². The minimum absolute atomic E-state index is 0.103. The molecule has 4 heterocycles. The molecular formula is C20H28N4O2. The zero-order chi connectivity index (χ0) is 17.8. The Morgan fingerprint density at radius 1 is 1.31 bits per heavy atom. The molecule has 0 bridgehead atoms. The Hall–Kier alpha value is -1.76. The van der Waals surface area contributed by atoms with Gasteiger partial charge in [-0.3, -0.25) is 14.6 Å². The second-order valence-electron chi connectivity index (χ2n) is 7.70. The van der Waals surface area contributed by atoms with Crippen molar-refractivity contribution in [1.29, 1.82) is 0 Å². The van der Waals surface area contributed by atoms with Gasteiger partial charge in [0.15, 0.2) is 0 Å². The number of hydrogen-bond acceptors (Lipinski definition) is 5. The van der Waals surface area contributed by atoms with Crippen LogP contribution in [0.2, 0.25) is 0 Å².